The van der Waals surface area contributed by atoms with E-state index in [1.54, 1.807) is 37.3 Å². The van der Waals surface area contributed by atoms with Gasteiger partial charge in [-0.2, -0.15) is 0 Å². The van der Waals surface area contributed by atoms with Crippen LogP contribution in [-0.2, 0) is 0 Å². The van der Waals surface area contributed by atoms with E-state index in [1.807, 2.05) is 0 Å². The van der Waals surface area contributed by atoms with Gasteiger partial charge in [-0.1, -0.05) is 12.1 Å². The minimum Gasteiger partial charge on any atom is -0.399 e. The molecule has 19 heavy (non-hydrogen) atoms. The SMILES string of the molecule is Cc1cccc(C(=O)Nc2cc(N)ccc2Br)c1F. The average Bonchev–Trinajstić information content (AvgIpc) is 2.37. The van der Waals surface area contributed by atoms with Crippen LogP contribution in [-0.4, -0.2) is 5.91 Å². The molecule has 0 aliphatic heterocycles. The lowest BCUT2D eigenvalue weighted by Crippen LogP contribution is -2.14. The summed E-state index contributed by atoms with van der Waals surface area (Å²) in [6, 6.07) is 9.72. The van der Waals surface area contributed by atoms with Crippen molar-refractivity contribution in [2.45, 2.75) is 6.92 Å². The zero-order valence-electron chi connectivity index (χ0n) is 10.2. The highest BCUT2D eigenvalue weighted by atomic mass is 79.9. The van der Waals surface area contributed by atoms with Crippen LogP contribution < -0.4 is 11.1 Å². The van der Waals surface area contributed by atoms with E-state index in [0.29, 0.717) is 21.4 Å². The fraction of sp³-hybridized carbons (Fsp3) is 0.0714. The normalized spacial score (nSPS) is 10.3. The van der Waals surface area contributed by atoms with Crippen molar-refractivity contribution in [2.24, 2.45) is 0 Å². The summed E-state index contributed by atoms with van der Waals surface area (Å²) in [5.74, 6) is -1.02. The summed E-state index contributed by atoms with van der Waals surface area (Å²) in [5.41, 5.74) is 7.11. The molecule has 0 aromatic heterocycles. The van der Waals surface area contributed by atoms with Crippen molar-refractivity contribution >= 4 is 33.2 Å². The molecule has 0 radical (unpaired) electrons. The van der Waals surface area contributed by atoms with Gasteiger partial charge in [0.25, 0.3) is 5.91 Å². The number of nitrogens with two attached hydrogens (primary N) is 1. The van der Waals surface area contributed by atoms with Crippen LogP contribution in [0.3, 0.4) is 0 Å². The fourth-order valence-electron chi connectivity index (χ4n) is 1.65. The van der Waals surface area contributed by atoms with Crippen LogP contribution in [0.2, 0.25) is 0 Å². The second-order valence-corrected chi connectivity index (χ2v) is 4.98. The van der Waals surface area contributed by atoms with Gasteiger partial charge in [-0.05, 0) is 52.7 Å². The topological polar surface area (TPSA) is 55.1 Å². The van der Waals surface area contributed by atoms with Gasteiger partial charge in [0.15, 0.2) is 0 Å². The summed E-state index contributed by atoms with van der Waals surface area (Å²) >= 11 is 3.30. The molecule has 0 bridgehead atoms. The third-order valence-corrected chi connectivity index (χ3v) is 3.37. The molecule has 98 valence electrons. The number of nitrogens with one attached hydrogen (secondary N) is 1. The molecule has 3 N–H and O–H groups in total. The number of halogens is 2. The number of rotatable bonds is 2. The quantitative estimate of drug-likeness (QED) is 0.828. The average molecular weight is 323 g/mol. The molecule has 0 saturated carbocycles. The Balaban J connectivity index is 2.31. The maximum atomic E-state index is 13.8. The van der Waals surface area contributed by atoms with E-state index in [-0.39, 0.29) is 5.56 Å². The molecule has 2 aromatic carbocycles. The lowest BCUT2D eigenvalue weighted by atomic mass is 10.1. The Labute approximate surface area is 118 Å². The predicted octanol–water partition coefficient (Wildman–Crippen LogP) is 3.73. The molecule has 0 unspecified atom stereocenters. The van der Waals surface area contributed by atoms with Gasteiger partial charge >= 0.3 is 0 Å². The van der Waals surface area contributed by atoms with Gasteiger partial charge in [0.2, 0.25) is 0 Å². The summed E-state index contributed by atoms with van der Waals surface area (Å²) < 4.78 is 14.5. The number of anilines is 2. The summed E-state index contributed by atoms with van der Waals surface area (Å²) in [5, 5.41) is 2.63. The Bertz CT molecular complexity index is 643. The molecule has 0 aliphatic carbocycles. The molecular weight excluding hydrogens is 311 g/mol. The summed E-state index contributed by atoms with van der Waals surface area (Å²) in [7, 11) is 0. The summed E-state index contributed by atoms with van der Waals surface area (Å²) in [4.78, 5) is 12.0. The van der Waals surface area contributed by atoms with E-state index in [9.17, 15) is 9.18 Å². The first-order valence-electron chi connectivity index (χ1n) is 5.60. The first-order chi connectivity index (χ1) is 8.99. The van der Waals surface area contributed by atoms with Crippen molar-refractivity contribution in [1.29, 1.82) is 0 Å². The van der Waals surface area contributed by atoms with Crippen LogP contribution in [0, 0.1) is 12.7 Å². The molecule has 1 amide bonds. The van der Waals surface area contributed by atoms with Gasteiger partial charge in [0.05, 0.1) is 11.3 Å². The number of nitrogen functional groups attached to an aromatic ring is 1. The van der Waals surface area contributed by atoms with Crippen LogP contribution in [0.15, 0.2) is 40.9 Å². The zero-order valence-corrected chi connectivity index (χ0v) is 11.8. The van der Waals surface area contributed by atoms with Crippen molar-refractivity contribution in [3.05, 3.63) is 57.8 Å². The first-order valence-corrected chi connectivity index (χ1v) is 6.40. The van der Waals surface area contributed by atoms with Crippen molar-refractivity contribution in [1.82, 2.24) is 0 Å². The van der Waals surface area contributed by atoms with Gasteiger partial charge < -0.3 is 11.1 Å². The highest BCUT2D eigenvalue weighted by molar-refractivity contribution is 9.10. The third-order valence-electron chi connectivity index (χ3n) is 2.68. The van der Waals surface area contributed by atoms with Crippen molar-refractivity contribution in [3.8, 4) is 0 Å². The Morgan fingerprint density at radius 2 is 2.05 bits per heavy atom. The summed E-state index contributed by atoms with van der Waals surface area (Å²) in [6.07, 6.45) is 0. The van der Waals surface area contributed by atoms with Crippen LogP contribution in [0.25, 0.3) is 0 Å². The van der Waals surface area contributed by atoms with Crippen LogP contribution in [0.4, 0.5) is 15.8 Å². The molecular formula is C14H12BrFN2O. The molecule has 2 aromatic rings. The lowest BCUT2D eigenvalue weighted by molar-refractivity contribution is 0.102. The second-order valence-electron chi connectivity index (χ2n) is 4.13. The van der Waals surface area contributed by atoms with Crippen LogP contribution in [0.5, 0.6) is 0 Å². The Kier molecular flexibility index (Phi) is 3.85. The molecule has 0 aliphatic rings. The number of amides is 1. The molecule has 0 atom stereocenters. The lowest BCUT2D eigenvalue weighted by Gasteiger charge is -2.09. The number of hydrogen-bond acceptors (Lipinski definition) is 2. The summed E-state index contributed by atoms with van der Waals surface area (Å²) in [6.45, 7) is 1.61. The maximum absolute atomic E-state index is 13.8. The van der Waals surface area contributed by atoms with Crippen molar-refractivity contribution in [2.75, 3.05) is 11.1 Å². The van der Waals surface area contributed by atoms with Gasteiger partial charge in [-0.25, -0.2) is 4.39 Å². The molecule has 3 nitrogen and oxygen atoms in total. The zero-order chi connectivity index (χ0) is 14.0. The largest absolute Gasteiger partial charge is 0.399 e. The van der Waals surface area contributed by atoms with Crippen molar-refractivity contribution < 1.29 is 9.18 Å². The monoisotopic (exact) mass is 322 g/mol. The number of aryl methyl sites for hydroxylation is 1. The number of carbonyl (C=O) groups is 1. The van der Waals surface area contributed by atoms with Crippen molar-refractivity contribution in [3.63, 3.8) is 0 Å². The molecule has 0 spiro atoms. The fourth-order valence-corrected chi connectivity index (χ4v) is 2.00. The van der Waals surface area contributed by atoms with Crippen LogP contribution >= 0.6 is 15.9 Å². The first kappa shape index (κ1) is 13.5. The van der Waals surface area contributed by atoms with Gasteiger partial charge in [0.1, 0.15) is 5.82 Å². The van der Waals surface area contributed by atoms with E-state index < -0.39 is 11.7 Å². The number of benzene rings is 2. The van der Waals surface area contributed by atoms with E-state index in [1.165, 1.54) is 6.07 Å². The minimum absolute atomic E-state index is 0.00863. The smallest absolute Gasteiger partial charge is 0.258 e. The number of hydrogen-bond donors (Lipinski definition) is 2. The Morgan fingerprint density at radius 1 is 1.32 bits per heavy atom. The van der Waals surface area contributed by atoms with E-state index >= 15 is 0 Å². The highest BCUT2D eigenvalue weighted by Crippen LogP contribution is 2.25. The van der Waals surface area contributed by atoms with Gasteiger partial charge in [-0.3, -0.25) is 4.79 Å². The Hall–Kier alpha value is -1.88. The van der Waals surface area contributed by atoms with Gasteiger partial charge in [-0.15, -0.1) is 0 Å². The number of carbonyl (C=O) groups excluding carboxylic acids is 1. The maximum Gasteiger partial charge on any atom is 0.258 e. The standard InChI is InChI=1S/C14H12BrFN2O/c1-8-3-2-4-10(13(8)16)14(19)18-12-7-9(17)5-6-11(12)15/h2-7H,17H2,1H3,(H,18,19). The van der Waals surface area contributed by atoms with E-state index in [2.05, 4.69) is 21.2 Å². The van der Waals surface area contributed by atoms with Gasteiger partial charge in [0, 0.05) is 10.2 Å². The molecule has 5 heteroatoms. The third kappa shape index (κ3) is 2.93. The Morgan fingerprint density at radius 3 is 2.79 bits per heavy atom. The molecule has 0 saturated heterocycles. The second kappa shape index (κ2) is 5.40. The van der Waals surface area contributed by atoms with E-state index in [4.69, 9.17) is 5.73 Å². The molecule has 2 rings (SSSR count). The molecule has 0 heterocycles. The van der Waals surface area contributed by atoms with E-state index in [0.717, 1.165) is 0 Å². The minimum atomic E-state index is -0.514. The molecule has 0 fully saturated rings. The van der Waals surface area contributed by atoms with Crippen LogP contribution in [0.1, 0.15) is 15.9 Å². The predicted molar refractivity (Wildman–Crippen MR) is 77.6 cm³/mol. The highest BCUT2D eigenvalue weighted by Gasteiger charge is 2.14.